The number of aliphatic imine (C=N–C) groups is 1. The molecule has 1 aromatic carbocycles. The lowest BCUT2D eigenvalue weighted by atomic mass is 10.3. The van der Waals surface area contributed by atoms with Crippen LogP contribution in [-0.4, -0.2) is 19.6 Å². The topological polar surface area (TPSA) is 59.6 Å². The lowest BCUT2D eigenvalue weighted by Gasteiger charge is -2.07. The van der Waals surface area contributed by atoms with Crippen LogP contribution in [0.2, 0.25) is 0 Å². The summed E-state index contributed by atoms with van der Waals surface area (Å²) in [6.07, 6.45) is 2.58. The third kappa shape index (κ3) is 3.15. The second kappa shape index (κ2) is 4.88. The average Bonchev–Trinajstić information content (AvgIpc) is 3.10. The Kier molecular flexibility index (Phi) is 3.29. The van der Waals surface area contributed by atoms with Crippen molar-refractivity contribution >= 4 is 11.6 Å². The van der Waals surface area contributed by atoms with Gasteiger partial charge in [0.1, 0.15) is 5.75 Å². The van der Waals surface area contributed by atoms with Gasteiger partial charge in [-0.3, -0.25) is 4.99 Å². The summed E-state index contributed by atoms with van der Waals surface area (Å²) < 4.78 is 5.12. The Balaban J connectivity index is 1.93. The number of benzene rings is 1. The van der Waals surface area contributed by atoms with E-state index in [1.165, 1.54) is 12.8 Å². The number of ether oxygens (including phenoxy) is 1. The normalized spacial score (nSPS) is 15.9. The minimum absolute atomic E-state index is 0.472. The van der Waals surface area contributed by atoms with E-state index in [1.807, 2.05) is 24.3 Å². The monoisotopic (exact) mass is 219 g/mol. The Morgan fingerprint density at radius 3 is 3.06 bits per heavy atom. The van der Waals surface area contributed by atoms with Crippen molar-refractivity contribution in [2.24, 2.45) is 16.6 Å². The van der Waals surface area contributed by atoms with Crippen molar-refractivity contribution in [1.29, 1.82) is 0 Å². The zero-order valence-corrected chi connectivity index (χ0v) is 9.44. The Bertz CT molecular complexity index is 386. The number of nitrogens with two attached hydrogens (primary N) is 1. The third-order valence-electron chi connectivity index (χ3n) is 2.56. The van der Waals surface area contributed by atoms with Gasteiger partial charge >= 0.3 is 0 Å². The molecule has 0 atom stereocenters. The van der Waals surface area contributed by atoms with E-state index in [0.717, 1.165) is 23.9 Å². The van der Waals surface area contributed by atoms with Crippen LogP contribution in [0.25, 0.3) is 0 Å². The molecule has 3 N–H and O–H groups in total. The van der Waals surface area contributed by atoms with Crippen LogP contribution in [0.4, 0.5) is 5.69 Å². The van der Waals surface area contributed by atoms with Gasteiger partial charge in [-0.05, 0) is 30.9 Å². The van der Waals surface area contributed by atoms with Crippen LogP contribution in [0.3, 0.4) is 0 Å². The van der Waals surface area contributed by atoms with Crippen LogP contribution < -0.4 is 15.8 Å². The van der Waals surface area contributed by atoms with Gasteiger partial charge in [0.15, 0.2) is 5.96 Å². The summed E-state index contributed by atoms with van der Waals surface area (Å²) in [5.74, 6) is 2.03. The van der Waals surface area contributed by atoms with Crippen molar-refractivity contribution in [2.75, 3.05) is 19.0 Å². The Labute approximate surface area is 95.5 Å². The number of methoxy groups -OCH3 is 1. The smallest absolute Gasteiger partial charge is 0.193 e. The molecule has 0 radical (unpaired) electrons. The first-order valence-corrected chi connectivity index (χ1v) is 5.49. The van der Waals surface area contributed by atoms with Gasteiger partial charge in [-0.15, -0.1) is 0 Å². The number of guanidine groups is 1. The third-order valence-corrected chi connectivity index (χ3v) is 2.56. The molecular formula is C12H17N3O. The van der Waals surface area contributed by atoms with Crippen LogP contribution in [0.15, 0.2) is 29.3 Å². The molecule has 0 unspecified atom stereocenters. The molecule has 0 aliphatic heterocycles. The predicted molar refractivity (Wildman–Crippen MR) is 65.8 cm³/mol. The van der Waals surface area contributed by atoms with Gasteiger partial charge in [0, 0.05) is 18.3 Å². The SMILES string of the molecule is COc1cccc(NC(N)=NCC2CC2)c1. The molecule has 16 heavy (non-hydrogen) atoms. The van der Waals surface area contributed by atoms with Crippen molar-refractivity contribution < 1.29 is 4.74 Å². The summed E-state index contributed by atoms with van der Waals surface area (Å²) in [5.41, 5.74) is 6.67. The van der Waals surface area contributed by atoms with Gasteiger partial charge in [-0.25, -0.2) is 0 Å². The van der Waals surface area contributed by atoms with Crippen LogP contribution in [0.5, 0.6) is 5.75 Å². The van der Waals surface area contributed by atoms with Gasteiger partial charge in [0.2, 0.25) is 0 Å². The fourth-order valence-electron chi connectivity index (χ4n) is 1.42. The standard InChI is InChI=1S/C12H17N3O/c1-16-11-4-2-3-10(7-11)15-12(13)14-8-9-5-6-9/h2-4,7,9H,5-6,8H2,1H3,(H3,13,14,15). The largest absolute Gasteiger partial charge is 0.497 e. The van der Waals surface area contributed by atoms with E-state index in [2.05, 4.69) is 10.3 Å². The molecule has 1 aromatic rings. The predicted octanol–water partition coefficient (Wildman–Crippen LogP) is 1.83. The number of rotatable bonds is 4. The summed E-state index contributed by atoms with van der Waals surface area (Å²) in [7, 11) is 1.64. The fourth-order valence-corrected chi connectivity index (χ4v) is 1.42. The molecule has 1 aliphatic rings. The van der Waals surface area contributed by atoms with Gasteiger partial charge < -0.3 is 15.8 Å². The van der Waals surface area contributed by atoms with Gasteiger partial charge in [0.25, 0.3) is 0 Å². The second-order valence-corrected chi connectivity index (χ2v) is 4.03. The first-order valence-electron chi connectivity index (χ1n) is 5.49. The molecule has 1 saturated carbocycles. The van der Waals surface area contributed by atoms with Crippen LogP contribution in [0.1, 0.15) is 12.8 Å². The Morgan fingerprint density at radius 1 is 1.56 bits per heavy atom. The summed E-state index contributed by atoms with van der Waals surface area (Å²) in [5, 5.41) is 3.05. The van der Waals surface area contributed by atoms with E-state index in [0.29, 0.717) is 5.96 Å². The molecular weight excluding hydrogens is 202 g/mol. The first kappa shape index (κ1) is 10.8. The summed E-state index contributed by atoms with van der Waals surface area (Å²) in [6.45, 7) is 0.836. The summed E-state index contributed by atoms with van der Waals surface area (Å²) in [6, 6.07) is 7.62. The number of anilines is 1. The molecule has 2 rings (SSSR count). The molecule has 1 fully saturated rings. The van der Waals surface area contributed by atoms with E-state index in [1.54, 1.807) is 7.11 Å². The molecule has 86 valence electrons. The van der Waals surface area contributed by atoms with Crippen molar-refractivity contribution in [3.05, 3.63) is 24.3 Å². The molecule has 0 heterocycles. The van der Waals surface area contributed by atoms with E-state index >= 15 is 0 Å². The molecule has 1 aliphatic carbocycles. The molecule has 4 heteroatoms. The van der Waals surface area contributed by atoms with Crippen LogP contribution in [0, 0.1) is 5.92 Å². The highest BCUT2D eigenvalue weighted by atomic mass is 16.5. The van der Waals surface area contributed by atoms with Crippen LogP contribution in [-0.2, 0) is 0 Å². The highest BCUT2D eigenvalue weighted by Crippen LogP contribution is 2.28. The second-order valence-electron chi connectivity index (χ2n) is 4.03. The quantitative estimate of drug-likeness (QED) is 0.600. The summed E-state index contributed by atoms with van der Waals surface area (Å²) >= 11 is 0. The van der Waals surface area contributed by atoms with E-state index in [-0.39, 0.29) is 0 Å². The lowest BCUT2D eigenvalue weighted by molar-refractivity contribution is 0.415. The first-order chi connectivity index (χ1) is 7.78. The zero-order valence-electron chi connectivity index (χ0n) is 9.44. The van der Waals surface area contributed by atoms with Crippen molar-refractivity contribution in [3.8, 4) is 5.75 Å². The average molecular weight is 219 g/mol. The zero-order chi connectivity index (χ0) is 11.4. The highest BCUT2D eigenvalue weighted by molar-refractivity contribution is 5.92. The maximum atomic E-state index is 5.77. The molecule has 0 aromatic heterocycles. The number of nitrogens with one attached hydrogen (secondary N) is 1. The Morgan fingerprint density at radius 2 is 2.38 bits per heavy atom. The Hall–Kier alpha value is -1.71. The molecule has 0 bridgehead atoms. The van der Waals surface area contributed by atoms with Crippen molar-refractivity contribution in [1.82, 2.24) is 0 Å². The van der Waals surface area contributed by atoms with Gasteiger partial charge in [-0.1, -0.05) is 6.07 Å². The van der Waals surface area contributed by atoms with Crippen molar-refractivity contribution in [3.63, 3.8) is 0 Å². The van der Waals surface area contributed by atoms with Gasteiger partial charge in [0.05, 0.1) is 7.11 Å². The van der Waals surface area contributed by atoms with E-state index in [9.17, 15) is 0 Å². The molecule has 0 saturated heterocycles. The maximum absolute atomic E-state index is 5.77. The minimum atomic E-state index is 0.472. The van der Waals surface area contributed by atoms with E-state index in [4.69, 9.17) is 10.5 Å². The lowest BCUT2D eigenvalue weighted by Crippen LogP contribution is -2.23. The minimum Gasteiger partial charge on any atom is -0.497 e. The highest BCUT2D eigenvalue weighted by Gasteiger charge is 2.20. The molecule has 0 spiro atoms. The van der Waals surface area contributed by atoms with Gasteiger partial charge in [-0.2, -0.15) is 0 Å². The fraction of sp³-hybridized carbons (Fsp3) is 0.417. The molecule has 0 amide bonds. The maximum Gasteiger partial charge on any atom is 0.193 e. The van der Waals surface area contributed by atoms with Crippen LogP contribution >= 0.6 is 0 Å². The number of hydrogen-bond acceptors (Lipinski definition) is 2. The van der Waals surface area contributed by atoms with E-state index < -0.39 is 0 Å². The summed E-state index contributed by atoms with van der Waals surface area (Å²) in [4.78, 5) is 4.28. The molecule has 4 nitrogen and oxygen atoms in total. The van der Waals surface area contributed by atoms with Crippen molar-refractivity contribution in [2.45, 2.75) is 12.8 Å². The number of nitrogens with zero attached hydrogens (tertiary/aromatic N) is 1. The number of hydrogen-bond donors (Lipinski definition) is 2.